The number of alkyl halides is 3. The summed E-state index contributed by atoms with van der Waals surface area (Å²) >= 11 is 0. The van der Waals surface area contributed by atoms with Gasteiger partial charge in [-0.25, -0.2) is 12.9 Å². The summed E-state index contributed by atoms with van der Waals surface area (Å²) in [6, 6.07) is 9.82. The lowest BCUT2D eigenvalue weighted by atomic mass is 10.1. The summed E-state index contributed by atoms with van der Waals surface area (Å²) in [7, 11) is -5.38. The first-order chi connectivity index (χ1) is 16.5. The lowest BCUT2D eigenvalue weighted by Crippen LogP contribution is -2.54. The Morgan fingerprint density at radius 2 is 1.94 bits per heavy atom. The van der Waals surface area contributed by atoms with Crippen molar-refractivity contribution in [2.45, 2.75) is 18.5 Å². The molecule has 0 unspecified atom stereocenters. The average molecular weight is 506 g/mol. The molecule has 0 radical (unpaired) electrons. The van der Waals surface area contributed by atoms with Crippen LogP contribution in [0.5, 0.6) is 0 Å². The molecule has 11 nitrogen and oxygen atoms in total. The number of hydrogen-bond acceptors (Lipinski definition) is 7. The van der Waals surface area contributed by atoms with E-state index in [9.17, 15) is 26.4 Å². The average Bonchev–Trinajstić information content (AvgIpc) is 3.41. The number of sulfonamides is 1. The van der Waals surface area contributed by atoms with Gasteiger partial charge in [0.2, 0.25) is 5.82 Å². The standard InChI is InChI=1S/C20H17F3N8O3S/c1-12-5-6-13(8-16(12)25-19(32)15-9-24-30-7-3-2-4-17(15)30)18-26-28-31(27-18)14-10-29(11-14)35(33,34)20(21,22)23/h2-9,14H,10-11H2,1H3,(H,25,32). The molecule has 1 aliphatic heterocycles. The van der Waals surface area contributed by atoms with Gasteiger partial charge in [-0.2, -0.15) is 27.4 Å². The highest BCUT2D eigenvalue weighted by atomic mass is 32.2. The van der Waals surface area contributed by atoms with Crippen molar-refractivity contribution in [1.29, 1.82) is 0 Å². The molecule has 35 heavy (non-hydrogen) atoms. The molecule has 3 aromatic heterocycles. The lowest BCUT2D eigenvalue weighted by molar-refractivity contribution is -0.0523. The van der Waals surface area contributed by atoms with Gasteiger partial charge >= 0.3 is 15.5 Å². The van der Waals surface area contributed by atoms with Gasteiger partial charge in [-0.1, -0.05) is 18.2 Å². The number of amides is 1. The van der Waals surface area contributed by atoms with Gasteiger partial charge in [0.05, 0.1) is 17.3 Å². The van der Waals surface area contributed by atoms with E-state index in [2.05, 4.69) is 25.8 Å². The zero-order chi connectivity index (χ0) is 25.0. The van der Waals surface area contributed by atoms with Gasteiger partial charge in [-0.3, -0.25) is 4.79 Å². The predicted octanol–water partition coefficient (Wildman–Crippen LogP) is 2.25. The van der Waals surface area contributed by atoms with Crippen LogP contribution in [0.4, 0.5) is 18.9 Å². The van der Waals surface area contributed by atoms with Gasteiger partial charge in [0.1, 0.15) is 6.04 Å². The maximum absolute atomic E-state index is 12.9. The number of tetrazole rings is 1. The molecule has 0 bridgehead atoms. The van der Waals surface area contributed by atoms with Gasteiger partial charge in [-0.05, 0) is 35.9 Å². The summed E-state index contributed by atoms with van der Waals surface area (Å²) < 4.78 is 62.8. The monoisotopic (exact) mass is 506 g/mol. The third-order valence-electron chi connectivity index (χ3n) is 5.63. The van der Waals surface area contributed by atoms with Gasteiger partial charge in [0, 0.05) is 30.5 Å². The fourth-order valence-corrected chi connectivity index (χ4v) is 4.63. The minimum atomic E-state index is -5.38. The molecule has 4 aromatic rings. The number of fused-ring (bicyclic) bond motifs is 1. The summed E-state index contributed by atoms with van der Waals surface area (Å²) in [5.41, 5.74) is -2.53. The molecule has 0 atom stereocenters. The number of pyridine rings is 1. The zero-order valence-corrected chi connectivity index (χ0v) is 18.8. The number of aromatic nitrogens is 6. The maximum atomic E-state index is 12.9. The van der Waals surface area contributed by atoms with Crippen molar-refractivity contribution in [3.05, 3.63) is 59.9 Å². The molecule has 4 heterocycles. The summed E-state index contributed by atoms with van der Waals surface area (Å²) in [5, 5.41) is 19.0. The van der Waals surface area contributed by atoms with Crippen molar-refractivity contribution < 1.29 is 26.4 Å². The molecule has 182 valence electrons. The van der Waals surface area contributed by atoms with E-state index in [0.717, 1.165) is 10.4 Å². The van der Waals surface area contributed by atoms with E-state index < -0.39 is 34.7 Å². The first-order valence-corrected chi connectivity index (χ1v) is 11.7. The molecule has 1 aromatic carbocycles. The fraction of sp³-hybridized carbons (Fsp3) is 0.250. The second-order valence-electron chi connectivity index (χ2n) is 7.93. The Labute approximate surface area is 196 Å². The van der Waals surface area contributed by atoms with Gasteiger partial charge in [0.25, 0.3) is 5.91 Å². The topological polar surface area (TPSA) is 127 Å². The summed E-state index contributed by atoms with van der Waals surface area (Å²) in [6.07, 6.45) is 3.20. The van der Waals surface area contributed by atoms with E-state index in [1.807, 2.05) is 6.92 Å². The van der Waals surface area contributed by atoms with E-state index >= 15 is 0 Å². The number of nitrogens with zero attached hydrogens (tertiary/aromatic N) is 7. The number of carbonyl (C=O) groups is 1. The van der Waals surface area contributed by atoms with Crippen molar-refractivity contribution in [3.63, 3.8) is 0 Å². The van der Waals surface area contributed by atoms with Crippen LogP contribution < -0.4 is 5.32 Å². The van der Waals surface area contributed by atoms with E-state index in [0.29, 0.717) is 26.6 Å². The van der Waals surface area contributed by atoms with Gasteiger partial charge in [-0.15, -0.1) is 10.2 Å². The van der Waals surface area contributed by atoms with Gasteiger partial charge < -0.3 is 5.32 Å². The molecule has 1 amide bonds. The van der Waals surface area contributed by atoms with Crippen molar-refractivity contribution in [2.24, 2.45) is 0 Å². The van der Waals surface area contributed by atoms with Crippen molar-refractivity contribution in [1.82, 2.24) is 34.1 Å². The van der Waals surface area contributed by atoms with Crippen molar-refractivity contribution >= 4 is 27.1 Å². The minimum absolute atomic E-state index is 0.175. The number of nitrogens with one attached hydrogen (secondary N) is 1. The summed E-state index contributed by atoms with van der Waals surface area (Å²) in [4.78, 5) is 14.0. The minimum Gasteiger partial charge on any atom is -0.322 e. The number of hydrogen-bond donors (Lipinski definition) is 1. The first-order valence-electron chi connectivity index (χ1n) is 10.3. The van der Waals surface area contributed by atoms with E-state index in [1.54, 1.807) is 47.1 Å². The Morgan fingerprint density at radius 3 is 2.69 bits per heavy atom. The highest BCUT2D eigenvalue weighted by Crippen LogP contribution is 2.33. The lowest BCUT2D eigenvalue weighted by Gasteiger charge is -2.36. The van der Waals surface area contributed by atoms with Crippen LogP contribution in [-0.4, -0.2) is 67.0 Å². The second-order valence-corrected chi connectivity index (χ2v) is 9.86. The van der Waals surface area contributed by atoms with Crippen LogP contribution in [0, 0.1) is 6.92 Å². The van der Waals surface area contributed by atoms with E-state index in [1.165, 1.54) is 6.20 Å². The highest BCUT2D eigenvalue weighted by molar-refractivity contribution is 7.90. The number of benzene rings is 1. The first kappa shape index (κ1) is 22.9. The van der Waals surface area contributed by atoms with Crippen molar-refractivity contribution in [3.8, 4) is 11.4 Å². The number of rotatable bonds is 5. The molecule has 0 aliphatic carbocycles. The number of aryl methyl sites for hydroxylation is 1. The molecular formula is C20H17F3N8O3S. The van der Waals surface area contributed by atoms with Crippen LogP contribution >= 0.6 is 0 Å². The number of halogens is 3. The summed E-state index contributed by atoms with van der Waals surface area (Å²) in [5.74, 6) is -0.183. The molecule has 0 spiro atoms. The second kappa shape index (κ2) is 8.13. The number of anilines is 1. The third kappa shape index (κ3) is 4.01. The highest BCUT2D eigenvalue weighted by Gasteiger charge is 2.54. The molecule has 0 saturated carbocycles. The van der Waals surface area contributed by atoms with Crippen LogP contribution in [0.15, 0.2) is 48.8 Å². The van der Waals surface area contributed by atoms with Crippen molar-refractivity contribution in [2.75, 3.05) is 18.4 Å². The number of carbonyl (C=O) groups excluding carboxylic acids is 1. The quantitative estimate of drug-likeness (QED) is 0.440. The Hall–Kier alpha value is -3.85. The summed E-state index contributed by atoms with van der Waals surface area (Å²) in [6.45, 7) is 0.989. The molecular weight excluding hydrogens is 489 g/mol. The Kier molecular flexibility index (Phi) is 5.32. The molecule has 1 saturated heterocycles. The SMILES string of the molecule is Cc1ccc(-c2nnn(C3CN(S(=O)(=O)C(F)(F)F)C3)n2)cc1NC(=O)c1cnn2ccccc12. The van der Waals surface area contributed by atoms with Crippen LogP contribution in [0.2, 0.25) is 0 Å². The van der Waals surface area contributed by atoms with Crippen LogP contribution in [0.1, 0.15) is 22.0 Å². The van der Waals surface area contributed by atoms with Crippen LogP contribution in [-0.2, 0) is 10.0 Å². The molecule has 1 aliphatic rings. The predicted molar refractivity (Wildman–Crippen MR) is 117 cm³/mol. The van der Waals surface area contributed by atoms with Gasteiger partial charge in [0.15, 0.2) is 0 Å². The zero-order valence-electron chi connectivity index (χ0n) is 18.0. The van der Waals surface area contributed by atoms with E-state index in [-0.39, 0.29) is 11.7 Å². The van der Waals surface area contributed by atoms with Crippen LogP contribution in [0.25, 0.3) is 16.9 Å². The normalized spacial score (nSPS) is 15.3. The Bertz CT molecular complexity index is 1540. The molecule has 5 rings (SSSR count). The smallest absolute Gasteiger partial charge is 0.322 e. The largest absolute Gasteiger partial charge is 0.511 e. The van der Waals surface area contributed by atoms with Crippen LogP contribution in [0.3, 0.4) is 0 Å². The molecule has 15 heteroatoms. The molecule has 1 N–H and O–H groups in total. The fourth-order valence-electron chi connectivity index (χ4n) is 3.60. The molecule has 1 fully saturated rings. The van der Waals surface area contributed by atoms with E-state index in [4.69, 9.17) is 0 Å². The Morgan fingerprint density at radius 1 is 1.17 bits per heavy atom. The maximum Gasteiger partial charge on any atom is 0.511 e. The Balaban J connectivity index is 1.32. The third-order valence-corrected chi connectivity index (χ3v) is 7.19.